The molecule has 0 saturated carbocycles. The highest BCUT2D eigenvalue weighted by molar-refractivity contribution is 9.10. The normalized spacial score (nSPS) is 10.6. The molecule has 1 aromatic carbocycles. The SMILES string of the molecule is COc1ccc(Br)c(C(=O)N(C)CCC(C)C)c1. The molecule has 1 amide bonds. The molecule has 4 heteroatoms. The van der Waals surface area contributed by atoms with Gasteiger partial charge in [-0.15, -0.1) is 0 Å². The van der Waals surface area contributed by atoms with E-state index in [1.54, 1.807) is 18.1 Å². The van der Waals surface area contributed by atoms with Crippen molar-refractivity contribution in [2.75, 3.05) is 20.7 Å². The predicted molar refractivity (Wildman–Crippen MR) is 77.1 cm³/mol. The highest BCUT2D eigenvalue weighted by Gasteiger charge is 2.15. The zero-order chi connectivity index (χ0) is 13.7. The van der Waals surface area contributed by atoms with Gasteiger partial charge in [0.15, 0.2) is 0 Å². The summed E-state index contributed by atoms with van der Waals surface area (Å²) < 4.78 is 5.94. The van der Waals surface area contributed by atoms with E-state index in [1.807, 2.05) is 19.2 Å². The minimum atomic E-state index is 0.0152. The van der Waals surface area contributed by atoms with Crippen LogP contribution in [0.2, 0.25) is 0 Å². The third-order valence-corrected chi connectivity index (χ3v) is 3.48. The summed E-state index contributed by atoms with van der Waals surface area (Å²) in [4.78, 5) is 14.0. The quantitative estimate of drug-likeness (QED) is 0.831. The standard InChI is InChI=1S/C14H20BrNO2/c1-10(2)7-8-16(3)14(17)12-9-11(18-4)5-6-13(12)15/h5-6,9-10H,7-8H2,1-4H3. The summed E-state index contributed by atoms with van der Waals surface area (Å²) in [6.45, 7) is 5.07. The monoisotopic (exact) mass is 313 g/mol. The number of amides is 1. The van der Waals surface area contributed by atoms with Crippen LogP contribution >= 0.6 is 15.9 Å². The molecule has 0 saturated heterocycles. The second-order valence-corrected chi connectivity index (χ2v) is 5.61. The van der Waals surface area contributed by atoms with E-state index in [4.69, 9.17) is 4.74 Å². The number of benzene rings is 1. The van der Waals surface area contributed by atoms with Crippen LogP contribution in [-0.4, -0.2) is 31.5 Å². The number of rotatable bonds is 5. The van der Waals surface area contributed by atoms with Crippen LogP contribution in [0.4, 0.5) is 0 Å². The molecule has 3 nitrogen and oxygen atoms in total. The Morgan fingerprint density at radius 1 is 1.44 bits per heavy atom. The minimum absolute atomic E-state index is 0.0152. The molecule has 0 heterocycles. The van der Waals surface area contributed by atoms with Gasteiger partial charge in [-0.2, -0.15) is 0 Å². The van der Waals surface area contributed by atoms with Gasteiger partial charge in [0.25, 0.3) is 5.91 Å². The summed E-state index contributed by atoms with van der Waals surface area (Å²) in [6, 6.07) is 5.43. The molecule has 0 fully saturated rings. The maximum Gasteiger partial charge on any atom is 0.254 e. The Morgan fingerprint density at radius 2 is 2.11 bits per heavy atom. The summed E-state index contributed by atoms with van der Waals surface area (Å²) in [6.07, 6.45) is 1.00. The lowest BCUT2D eigenvalue weighted by Crippen LogP contribution is -2.28. The Kier molecular flexibility index (Phi) is 5.66. The summed E-state index contributed by atoms with van der Waals surface area (Å²) in [5.74, 6) is 1.30. The van der Waals surface area contributed by atoms with Crippen molar-refractivity contribution in [3.05, 3.63) is 28.2 Å². The number of carbonyl (C=O) groups excluding carboxylic acids is 1. The van der Waals surface area contributed by atoms with Gasteiger partial charge >= 0.3 is 0 Å². The summed E-state index contributed by atoms with van der Waals surface area (Å²) in [5.41, 5.74) is 0.639. The summed E-state index contributed by atoms with van der Waals surface area (Å²) in [7, 11) is 3.43. The number of hydrogen-bond acceptors (Lipinski definition) is 2. The first-order chi connectivity index (χ1) is 8.45. The molecule has 18 heavy (non-hydrogen) atoms. The number of halogens is 1. The maximum absolute atomic E-state index is 12.3. The Bertz CT molecular complexity index is 418. The van der Waals surface area contributed by atoms with Crippen LogP contribution < -0.4 is 4.74 Å². The number of nitrogens with zero attached hydrogens (tertiary/aromatic N) is 1. The lowest BCUT2D eigenvalue weighted by molar-refractivity contribution is 0.0788. The molecule has 0 unspecified atom stereocenters. The fraction of sp³-hybridized carbons (Fsp3) is 0.500. The van der Waals surface area contributed by atoms with Gasteiger partial charge in [0, 0.05) is 18.1 Å². The van der Waals surface area contributed by atoms with Gasteiger partial charge in [-0.25, -0.2) is 0 Å². The highest BCUT2D eigenvalue weighted by Crippen LogP contribution is 2.23. The van der Waals surface area contributed by atoms with E-state index in [1.165, 1.54) is 0 Å². The van der Waals surface area contributed by atoms with Crippen molar-refractivity contribution in [2.24, 2.45) is 5.92 Å². The van der Waals surface area contributed by atoms with E-state index in [2.05, 4.69) is 29.8 Å². The molecule has 0 radical (unpaired) electrons. The first kappa shape index (κ1) is 15.0. The van der Waals surface area contributed by atoms with E-state index >= 15 is 0 Å². The van der Waals surface area contributed by atoms with Crippen molar-refractivity contribution in [3.8, 4) is 5.75 Å². The summed E-state index contributed by atoms with van der Waals surface area (Å²) >= 11 is 3.41. The van der Waals surface area contributed by atoms with Gasteiger partial charge in [0.1, 0.15) is 5.75 Å². The molecule has 1 aromatic rings. The number of ether oxygens (including phenoxy) is 1. The topological polar surface area (TPSA) is 29.5 Å². The molecule has 0 atom stereocenters. The van der Waals surface area contributed by atoms with Gasteiger partial charge in [-0.05, 0) is 46.5 Å². The molecule has 0 aliphatic carbocycles. The molecule has 0 spiro atoms. The van der Waals surface area contributed by atoms with Gasteiger partial charge in [0.2, 0.25) is 0 Å². The van der Waals surface area contributed by atoms with Crippen molar-refractivity contribution >= 4 is 21.8 Å². The van der Waals surface area contributed by atoms with Crippen LogP contribution in [0.1, 0.15) is 30.6 Å². The Labute approximate surface area is 117 Å². The molecular formula is C14H20BrNO2. The van der Waals surface area contributed by atoms with E-state index in [-0.39, 0.29) is 5.91 Å². The van der Waals surface area contributed by atoms with E-state index in [9.17, 15) is 4.79 Å². The number of methoxy groups -OCH3 is 1. The first-order valence-corrected chi connectivity index (χ1v) is 6.84. The van der Waals surface area contributed by atoms with E-state index in [0.717, 1.165) is 17.4 Å². The Balaban J connectivity index is 2.82. The van der Waals surface area contributed by atoms with Crippen LogP contribution in [0, 0.1) is 5.92 Å². The van der Waals surface area contributed by atoms with Gasteiger partial charge in [0.05, 0.1) is 12.7 Å². The van der Waals surface area contributed by atoms with Crippen LogP contribution in [-0.2, 0) is 0 Å². The second kappa shape index (κ2) is 6.78. The fourth-order valence-corrected chi connectivity index (χ4v) is 1.97. The lowest BCUT2D eigenvalue weighted by atomic mass is 10.1. The zero-order valence-corrected chi connectivity index (χ0v) is 13.0. The largest absolute Gasteiger partial charge is 0.497 e. The van der Waals surface area contributed by atoms with Crippen molar-refractivity contribution < 1.29 is 9.53 Å². The summed E-state index contributed by atoms with van der Waals surface area (Å²) in [5, 5.41) is 0. The molecule has 1 rings (SSSR count). The van der Waals surface area contributed by atoms with Crippen LogP contribution in [0.3, 0.4) is 0 Å². The van der Waals surface area contributed by atoms with Gasteiger partial charge < -0.3 is 9.64 Å². The third kappa shape index (κ3) is 4.02. The zero-order valence-electron chi connectivity index (χ0n) is 11.4. The van der Waals surface area contributed by atoms with Crippen molar-refractivity contribution in [1.29, 1.82) is 0 Å². The van der Waals surface area contributed by atoms with Crippen molar-refractivity contribution in [2.45, 2.75) is 20.3 Å². The Hall–Kier alpha value is -1.03. The molecule has 0 aliphatic heterocycles. The third-order valence-electron chi connectivity index (χ3n) is 2.79. The highest BCUT2D eigenvalue weighted by atomic mass is 79.9. The first-order valence-electron chi connectivity index (χ1n) is 6.04. The molecule has 0 aliphatic rings. The Morgan fingerprint density at radius 3 is 2.67 bits per heavy atom. The number of hydrogen-bond donors (Lipinski definition) is 0. The van der Waals surface area contributed by atoms with Crippen molar-refractivity contribution in [3.63, 3.8) is 0 Å². The average Bonchev–Trinajstić information content (AvgIpc) is 2.35. The lowest BCUT2D eigenvalue weighted by Gasteiger charge is -2.19. The van der Waals surface area contributed by atoms with Gasteiger partial charge in [-0.3, -0.25) is 4.79 Å². The second-order valence-electron chi connectivity index (χ2n) is 4.76. The molecular weight excluding hydrogens is 294 g/mol. The van der Waals surface area contributed by atoms with E-state index in [0.29, 0.717) is 17.2 Å². The van der Waals surface area contributed by atoms with E-state index < -0.39 is 0 Å². The van der Waals surface area contributed by atoms with Crippen LogP contribution in [0.5, 0.6) is 5.75 Å². The smallest absolute Gasteiger partial charge is 0.254 e. The van der Waals surface area contributed by atoms with Crippen LogP contribution in [0.25, 0.3) is 0 Å². The molecule has 0 N–H and O–H groups in total. The maximum atomic E-state index is 12.3. The minimum Gasteiger partial charge on any atom is -0.497 e. The van der Waals surface area contributed by atoms with Crippen molar-refractivity contribution in [1.82, 2.24) is 4.90 Å². The number of carbonyl (C=O) groups is 1. The fourth-order valence-electron chi connectivity index (χ4n) is 1.55. The van der Waals surface area contributed by atoms with Gasteiger partial charge in [-0.1, -0.05) is 13.8 Å². The molecule has 100 valence electrons. The molecule has 0 aromatic heterocycles. The van der Waals surface area contributed by atoms with Crippen LogP contribution in [0.15, 0.2) is 22.7 Å². The molecule has 0 bridgehead atoms. The average molecular weight is 314 g/mol. The predicted octanol–water partition coefficient (Wildman–Crippen LogP) is 3.58.